The van der Waals surface area contributed by atoms with Crippen LogP contribution in [0.15, 0.2) is 30.3 Å². The second-order valence-corrected chi connectivity index (χ2v) is 8.01. The third kappa shape index (κ3) is 6.66. The van der Waals surface area contributed by atoms with Crippen LogP contribution >= 0.6 is 0 Å². The van der Waals surface area contributed by atoms with Gasteiger partial charge in [-0.25, -0.2) is 4.98 Å². The summed E-state index contributed by atoms with van der Waals surface area (Å²) in [7, 11) is 0. The fraction of sp³-hybridized carbons (Fsp3) is 0.520. The quantitative estimate of drug-likeness (QED) is 0.447. The molecule has 0 amide bonds. The standard InChI is InChI=1S/C23H31N5O3.C2H6/c1-17-4-7-22(30)20(25-17)15-28-21-6-5-18(16-29)14-19(21)26-23(28)24-8-2-9-27-10-3-12-31-13-11-27;1-2/h4-7,14,29-30H,2-3,8-13,15-16H2,1H3,(H,24,26);1-2H3. The molecule has 3 heterocycles. The van der Waals surface area contributed by atoms with E-state index in [-0.39, 0.29) is 12.4 Å². The number of anilines is 1. The number of hydrogen-bond donors (Lipinski definition) is 3. The van der Waals surface area contributed by atoms with Crippen LogP contribution in [-0.4, -0.2) is 69.0 Å². The predicted molar refractivity (Wildman–Crippen MR) is 132 cm³/mol. The second-order valence-electron chi connectivity index (χ2n) is 8.01. The molecule has 0 unspecified atom stereocenters. The highest BCUT2D eigenvalue weighted by Gasteiger charge is 2.15. The molecule has 3 N–H and O–H groups in total. The van der Waals surface area contributed by atoms with Crippen LogP contribution in [0.25, 0.3) is 11.0 Å². The predicted octanol–water partition coefficient (Wildman–Crippen LogP) is 3.54. The number of nitrogens with zero attached hydrogens (tertiary/aromatic N) is 4. The number of imidazole rings is 1. The molecule has 1 fully saturated rings. The number of aryl methyl sites for hydroxylation is 1. The first kappa shape index (κ1) is 25.0. The highest BCUT2D eigenvalue weighted by Crippen LogP contribution is 2.25. The van der Waals surface area contributed by atoms with Gasteiger partial charge >= 0.3 is 0 Å². The maximum absolute atomic E-state index is 10.3. The molecule has 1 aromatic carbocycles. The van der Waals surface area contributed by atoms with E-state index in [4.69, 9.17) is 9.72 Å². The first-order valence-electron chi connectivity index (χ1n) is 11.9. The largest absolute Gasteiger partial charge is 0.506 e. The zero-order chi connectivity index (χ0) is 23.6. The van der Waals surface area contributed by atoms with Gasteiger partial charge in [-0.15, -0.1) is 0 Å². The number of fused-ring (bicyclic) bond motifs is 1. The minimum atomic E-state index is -0.0225. The van der Waals surface area contributed by atoms with Gasteiger partial charge in [0.25, 0.3) is 0 Å². The van der Waals surface area contributed by atoms with Crippen LogP contribution in [0.3, 0.4) is 0 Å². The van der Waals surface area contributed by atoms with Crippen LogP contribution in [0.2, 0.25) is 0 Å². The summed E-state index contributed by atoms with van der Waals surface area (Å²) in [6.07, 6.45) is 2.09. The molecule has 3 aromatic rings. The van der Waals surface area contributed by atoms with Crippen molar-refractivity contribution >= 4 is 17.0 Å². The molecule has 0 bridgehead atoms. The summed E-state index contributed by atoms with van der Waals surface area (Å²) in [5, 5.41) is 23.3. The average Bonchev–Trinajstić information content (AvgIpc) is 2.99. The van der Waals surface area contributed by atoms with Crippen molar-refractivity contribution in [1.29, 1.82) is 0 Å². The number of nitrogens with one attached hydrogen (secondary N) is 1. The van der Waals surface area contributed by atoms with Crippen LogP contribution in [0, 0.1) is 6.92 Å². The molecule has 8 heteroatoms. The highest BCUT2D eigenvalue weighted by molar-refractivity contribution is 5.79. The fourth-order valence-corrected chi connectivity index (χ4v) is 3.96. The lowest BCUT2D eigenvalue weighted by molar-refractivity contribution is 0.141. The van der Waals surface area contributed by atoms with Gasteiger partial charge in [-0.1, -0.05) is 19.9 Å². The molecular formula is C25H37N5O3. The van der Waals surface area contributed by atoms with Crippen molar-refractivity contribution in [3.63, 3.8) is 0 Å². The van der Waals surface area contributed by atoms with Crippen molar-refractivity contribution in [1.82, 2.24) is 19.4 Å². The minimum Gasteiger partial charge on any atom is -0.506 e. The SMILES string of the molecule is CC.Cc1ccc(O)c(Cn2c(NCCCN3CCCOCC3)nc3cc(CO)ccc32)n1. The van der Waals surface area contributed by atoms with Crippen molar-refractivity contribution in [2.75, 3.05) is 44.7 Å². The van der Waals surface area contributed by atoms with E-state index in [2.05, 4.69) is 15.2 Å². The summed E-state index contributed by atoms with van der Waals surface area (Å²) in [5.74, 6) is 0.917. The molecular weight excluding hydrogens is 418 g/mol. The van der Waals surface area contributed by atoms with E-state index < -0.39 is 0 Å². The number of hydrogen-bond acceptors (Lipinski definition) is 7. The summed E-state index contributed by atoms with van der Waals surface area (Å²) in [4.78, 5) is 11.7. The van der Waals surface area contributed by atoms with Gasteiger partial charge in [0.2, 0.25) is 5.95 Å². The van der Waals surface area contributed by atoms with Gasteiger partial charge in [0.1, 0.15) is 11.4 Å². The van der Waals surface area contributed by atoms with Gasteiger partial charge in [0.05, 0.1) is 30.8 Å². The molecule has 0 saturated carbocycles. The Morgan fingerprint density at radius 3 is 2.76 bits per heavy atom. The number of aromatic nitrogens is 3. The Labute approximate surface area is 196 Å². The van der Waals surface area contributed by atoms with Crippen molar-refractivity contribution in [2.45, 2.75) is 46.8 Å². The van der Waals surface area contributed by atoms with Crippen LogP contribution in [-0.2, 0) is 17.9 Å². The van der Waals surface area contributed by atoms with Crippen molar-refractivity contribution in [2.24, 2.45) is 0 Å². The van der Waals surface area contributed by atoms with E-state index in [1.54, 1.807) is 12.1 Å². The Morgan fingerprint density at radius 1 is 1.09 bits per heavy atom. The molecule has 8 nitrogen and oxygen atoms in total. The summed E-state index contributed by atoms with van der Waals surface area (Å²) in [6.45, 7) is 11.8. The van der Waals surface area contributed by atoms with Crippen molar-refractivity contribution < 1.29 is 14.9 Å². The van der Waals surface area contributed by atoms with Crippen LogP contribution in [0.1, 0.15) is 43.6 Å². The molecule has 0 spiro atoms. The summed E-state index contributed by atoms with van der Waals surface area (Å²) >= 11 is 0. The van der Waals surface area contributed by atoms with Crippen LogP contribution in [0.5, 0.6) is 5.75 Å². The topological polar surface area (TPSA) is 95.7 Å². The van der Waals surface area contributed by atoms with Gasteiger partial charge in [-0.05, 0) is 56.1 Å². The van der Waals surface area contributed by atoms with Crippen LogP contribution < -0.4 is 5.32 Å². The maximum Gasteiger partial charge on any atom is 0.204 e. The van der Waals surface area contributed by atoms with Gasteiger partial charge in [-0.2, -0.15) is 0 Å². The van der Waals surface area contributed by atoms with E-state index in [9.17, 15) is 10.2 Å². The third-order valence-electron chi connectivity index (χ3n) is 5.64. The number of aliphatic hydroxyl groups excluding tert-OH is 1. The Hall–Kier alpha value is -2.68. The lowest BCUT2D eigenvalue weighted by Gasteiger charge is -2.19. The van der Waals surface area contributed by atoms with Gasteiger partial charge in [0, 0.05) is 31.9 Å². The van der Waals surface area contributed by atoms with E-state index in [1.807, 2.05) is 43.5 Å². The molecule has 0 radical (unpaired) electrons. The Balaban J connectivity index is 0.00000149. The number of aromatic hydroxyl groups is 1. The number of aliphatic hydroxyl groups is 1. The first-order chi connectivity index (χ1) is 16.1. The lowest BCUT2D eigenvalue weighted by atomic mass is 10.2. The zero-order valence-corrected chi connectivity index (χ0v) is 20.0. The van der Waals surface area contributed by atoms with Crippen molar-refractivity contribution in [3.05, 3.63) is 47.3 Å². The molecule has 0 atom stereocenters. The molecule has 2 aromatic heterocycles. The second kappa shape index (κ2) is 12.5. The molecule has 1 saturated heterocycles. The van der Waals surface area contributed by atoms with Gasteiger partial charge in [-0.3, -0.25) is 4.98 Å². The van der Waals surface area contributed by atoms with E-state index in [0.29, 0.717) is 12.2 Å². The van der Waals surface area contributed by atoms with E-state index in [1.165, 1.54) is 0 Å². The molecule has 1 aliphatic rings. The molecule has 180 valence electrons. The van der Waals surface area contributed by atoms with Gasteiger partial charge < -0.3 is 29.7 Å². The summed E-state index contributed by atoms with van der Waals surface area (Å²) in [5.41, 5.74) is 4.04. The maximum atomic E-state index is 10.3. The van der Waals surface area contributed by atoms with Crippen molar-refractivity contribution in [3.8, 4) is 5.75 Å². The number of rotatable bonds is 8. The molecule has 33 heavy (non-hydrogen) atoms. The lowest BCUT2D eigenvalue weighted by Crippen LogP contribution is -2.28. The normalized spacial score (nSPS) is 14.5. The highest BCUT2D eigenvalue weighted by atomic mass is 16.5. The molecule has 1 aliphatic heterocycles. The number of benzene rings is 1. The monoisotopic (exact) mass is 455 g/mol. The van der Waals surface area contributed by atoms with E-state index >= 15 is 0 Å². The minimum absolute atomic E-state index is 0.0225. The average molecular weight is 456 g/mol. The first-order valence-corrected chi connectivity index (χ1v) is 11.9. The van der Waals surface area contributed by atoms with E-state index in [0.717, 1.165) is 80.5 Å². The molecule has 4 rings (SSSR count). The zero-order valence-electron chi connectivity index (χ0n) is 20.0. The number of pyridine rings is 1. The summed E-state index contributed by atoms with van der Waals surface area (Å²) < 4.78 is 7.57. The molecule has 0 aliphatic carbocycles. The smallest absolute Gasteiger partial charge is 0.204 e. The van der Waals surface area contributed by atoms with Crippen LogP contribution in [0.4, 0.5) is 5.95 Å². The Morgan fingerprint density at radius 2 is 1.94 bits per heavy atom. The fourth-order valence-electron chi connectivity index (χ4n) is 3.96. The Kier molecular flexibility index (Phi) is 9.47. The third-order valence-corrected chi connectivity index (χ3v) is 5.64. The Bertz CT molecular complexity index is 1010. The van der Waals surface area contributed by atoms with Gasteiger partial charge in [0.15, 0.2) is 0 Å². The summed E-state index contributed by atoms with van der Waals surface area (Å²) in [6, 6.07) is 9.24. The number of ether oxygens (including phenoxy) is 1.